The standard InChI is InChI=1S/C12H14ClFO2/c1-2-16-11-4-3-9(5-10(11)14)12(6-13)7-15-8-12/h3-5H,2,6-8H2,1H3. The molecule has 0 atom stereocenters. The van der Waals surface area contributed by atoms with Gasteiger partial charge in [0.15, 0.2) is 11.6 Å². The van der Waals surface area contributed by atoms with Crippen LogP contribution in [-0.2, 0) is 10.2 Å². The molecule has 88 valence electrons. The molecule has 1 aromatic carbocycles. The second-order valence-electron chi connectivity index (χ2n) is 3.98. The van der Waals surface area contributed by atoms with Gasteiger partial charge >= 0.3 is 0 Å². The zero-order valence-electron chi connectivity index (χ0n) is 9.13. The zero-order valence-corrected chi connectivity index (χ0v) is 9.89. The largest absolute Gasteiger partial charge is 0.491 e. The van der Waals surface area contributed by atoms with Gasteiger partial charge in [-0.1, -0.05) is 6.07 Å². The fourth-order valence-electron chi connectivity index (χ4n) is 1.77. The Hall–Kier alpha value is -0.800. The van der Waals surface area contributed by atoms with Crippen LogP contribution in [0.3, 0.4) is 0 Å². The molecule has 0 saturated carbocycles. The first-order chi connectivity index (χ1) is 7.72. The van der Waals surface area contributed by atoms with Crippen molar-refractivity contribution in [3.05, 3.63) is 29.6 Å². The molecule has 1 heterocycles. The Balaban J connectivity index is 2.26. The van der Waals surface area contributed by atoms with Crippen molar-refractivity contribution in [2.75, 3.05) is 25.7 Å². The molecule has 0 spiro atoms. The Kier molecular flexibility index (Phi) is 3.36. The van der Waals surface area contributed by atoms with E-state index in [4.69, 9.17) is 21.1 Å². The van der Waals surface area contributed by atoms with Gasteiger partial charge in [0.2, 0.25) is 0 Å². The molecule has 0 amide bonds. The van der Waals surface area contributed by atoms with Crippen LogP contribution in [0.5, 0.6) is 5.75 Å². The van der Waals surface area contributed by atoms with E-state index < -0.39 is 0 Å². The fraction of sp³-hybridized carbons (Fsp3) is 0.500. The van der Waals surface area contributed by atoms with E-state index in [1.54, 1.807) is 6.07 Å². The molecule has 1 aliphatic heterocycles. The van der Waals surface area contributed by atoms with Crippen molar-refractivity contribution >= 4 is 11.6 Å². The molecular formula is C12H14ClFO2. The first kappa shape index (κ1) is 11.7. The Bertz CT molecular complexity index is 372. The van der Waals surface area contributed by atoms with E-state index >= 15 is 0 Å². The van der Waals surface area contributed by atoms with Crippen LogP contribution in [0.1, 0.15) is 12.5 Å². The minimum absolute atomic E-state index is 0.215. The van der Waals surface area contributed by atoms with E-state index in [9.17, 15) is 4.39 Å². The fourth-order valence-corrected chi connectivity index (χ4v) is 2.08. The summed E-state index contributed by atoms with van der Waals surface area (Å²) < 4.78 is 24.0. The molecule has 0 aliphatic carbocycles. The molecule has 0 radical (unpaired) electrons. The van der Waals surface area contributed by atoms with Crippen LogP contribution in [0, 0.1) is 5.82 Å². The van der Waals surface area contributed by atoms with Gasteiger partial charge in [-0.15, -0.1) is 11.6 Å². The quantitative estimate of drug-likeness (QED) is 0.759. The molecule has 0 unspecified atom stereocenters. The van der Waals surface area contributed by atoms with E-state index in [0.29, 0.717) is 25.7 Å². The third-order valence-corrected chi connectivity index (χ3v) is 3.37. The lowest BCUT2D eigenvalue weighted by atomic mass is 9.80. The zero-order chi connectivity index (χ0) is 11.6. The van der Waals surface area contributed by atoms with Crippen molar-refractivity contribution < 1.29 is 13.9 Å². The van der Waals surface area contributed by atoms with Gasteiger partial charge in [0.05, 0.1) is 25.2 Å². The summed E-state index contributed by atoms with van der Waals surface area (Å²) >= 11 is 5.91. The number of hydrogen-bond donors (Lipinski definition) is 0. The van der Waals surface area contributed by atoms with E-state index in [1.165, 1.54) is 6.07 Å². The first-order valence-corrected chi connectivity index (χ1v) is 5.82. The highest BCUT2D eigenvalue weighted by Crippen LogP contribution is 2.35. The second-order valence-corrected chi connectivity index (χ2v) is 4.25. The summed E-state index contributed by atoms with van der Waals surface area (Å²) in [7, 11) is 0. The lowest BCUT2D eigenvalue weighted by Gasteiger charge is -2.40. The van der Waals surface area contributed by atoms with Gasteiger partial charge in [-0.25, -0.2) is 4.39 Å². The van der Waals surface area contributed by atoms with Gasteiger partial charge in [0.1, 0.15) is 0 Å². The normalized spacial score (nSPS) is 17.9. The van der Waals surface area contributed by atoms with Crippen molar-refractivity contribution in [1.82, 2.24) is 0 Å². The van der Waals surface area contributed by atoms with Crippen molar-refractivity contribution in [2.24, 2.45) is 0 Å². The number of halogens is 2. The van der Waals surface area contributed by atoms with Crippen LogP contribution in [0.15, 0.2) is 18.2 Å². The summed E-state index contributed by atoms with van der Waals surface area (Å²) in [6, 6.07) is 5.01. The average molecular weight is 245 g/mol. The van der Waals surface area contributed by atoms with Gasteiger partial charge in [0, 0.05) is 5.88 Å². The SMILES string of the molecule is CCOc1ccc(C2(CCl)COC2)cc1F. The van der Waals surface area contributed by atoms with E-state index in [-0.39, 0.29) is 17.0 Å². The van der Waals surface area contributed by atoms with Crippen LogP contribution >= 0.6 is 11.6 Å². The Labute approximate surface area is 99.3 Å². The van der Waals surface area contributed by atoms with Crippen molar-refractivity contribution in [3.8, 4) is 5.75 Å². The molecule has 1 saturated heterocycles. The molecule has 0 N–H and O–H groups in total. The van der Waals surface area contributed by atoms with Gasteiger partial charge in [0.25, 0.3) is 0 Å². The third-order valence-electron chi connectivity index (χ3n) is 2.86. The molecular weight excluding hydrogens is 231 g/mol. The number of alkyl halides is 1. The highest BCUT2D eigenvalue weighted by Gasteiger charge is 2.40. The smallest absolute Gasteiger partial charge is 0.165 e. The van der Waals surface area contributed by atoms with Crippen LogP contribution in [0.2, 0.25) is 0 Å². The predicted molar refractivity (Wildman–Crippen MR) is 60.8 cm³/mol. The van der Waals surface area contributed by atoms with Gasteiger partial charge in [-0.2, -0.15) is 0 Å². The number of rotatable bonds is 4. The van der Waals surface area contributed by atoms with E-state index in [2.05, 4.69) is 0 Å². The molecule has 0 aromatic heterocycles. The number of hydrogen-bond acceptors (Lipinski definition) is 2. The van der Waals surface area contributed by atoms with Crippen molar-refractivity contribution in [1.29, 1.82) is 0 Å². The minimum Gasteiger partial charge on any atom is -0.491 e. The monoisotopic (exact) mass is 244 g/mol. The summed E-state index contributed by atoms with van der Waals surface area (Å²) in [5.41, 5.74) is 0.669. The van der Waals surface area contributed by atoms with Gasteiger partial charge in [-0.05, 0) is 24.6 Å². The van der Waals surface area contributed by atoms with Crippen LogP contribution < -0.4 is 4.74 Å². The topological polar surface area (TPSA) is 18.5 Å². The molecule has 1 fully saturated rings. The molecule has 4 heteroatoms. The summed E-state index contributed by atoms with van der Waals surface area (Å²) in [6.07, 6.45) is 0. The van der Waals surface area contributed by atoms with Gasteiger partial charge in [-0.3, -0.25) is 0 Å². The predicted octanol–water partition coefficient (Wildman–Crippen LogP) is 2.73. The molecule has 2 nitrogen and oxygen atoms in total. The minimum atomic E-state index is -0.337. The number of ether oxygens (including phenoxy) is 2. The summed E-state index contributed by atoms with van der Waals surface area (Å²) in [5, 5.41) is 0. The molecule has 1 aromatic rings. The molecule has 0 bridgehead atoms. The average Bonchev–Trinajstić information content (AvgIpc) is 2.21. The van der Waals surface area contributed by atoms with Crippen LogP contribution in [0.4, 0.5) is 4.39 Å². The van der Waals surface area contributed by atoms with E-state index in [1.807, 2.05) is 13.0 Å². The summed E-state index contributed by atoms with van der Waals surface area (Å²) in [6.45, 7) is 3.40. The maximum atomic E-state index is 13.7. The second kappa shape index (κ2) is 4.60. The third kappa shape index (κ3) is 1.89. The Morgan fingerprint density at radius 2 is 2.25 bits per heavy atom. The van der Waals surface area contributed by atoms with Gasteiger partial charge < -0.3 is 9.47 Å². The van der Waals surface area contributed by atoms with Crippen molar-refractivity contribution in [2.45, 2.75) is 12.3 Å². The molecule has 1 aliphatic rings. The Morgan fingerprint density at radius 3 is 2.69 bits per heavy atom. The maximum Gasteiger partial charge on any atom is 0.165 e. The Morgan fingerprint density at radius 1 is 1.50 bits per heavy atom. The lowest BCUT2D eigenvalue weighted by molar-refractivity contribution is -0.0481. The number of benzene rings is 1. The van der Waals surface area contributed by atoms with Crippen LogP contribution in [-0.4, -0.2) is 25.7 Å². The molecule has 16 heavy (non-hydrogen) atoms. The first-order valence-electron chi connectivity index (χ1n) is 5.28. The van der Waals surface area contributed by atoms with Crippen molar-refractivity contribution in [3.63, 3.8) is 0 Å². The van der Waals surface area contributed by atoms with E-state index in [0.717, 1.165) is 5.56 Å². The highest BCUT2D eigenvalue weighted by molar-refractivity contribution is 6.18. The molecule has 2 rings (SSSR count). The highest BCUT2D eigenvalue weighted by atomic mass is 35.5. The summed E-state index contributed by atoms with van der Waals surface area (Å²) in [5.74, 6) is 0.396. The lowest BCUT2D eigenvalue weighted by Crippen LogP contribution is -2.48. The maximum absolute atomic E-state index is 13.7. The summed E-state index contributed by atoms with van der Waals surface area (Å²) in [4.78, 5) is 0. The van der Waals surface area contributed by atoms with Crippen LogP contribution in [0.25, 0.3) is 0 Å².